The highest BCUT2D eigenvalue weighted by Gasteiger charge is 2.10. The van der Waals surface area contributed by atoms with E-state index in [0.717, 1.165) is 16.3 Å². The fraction of sp³-hybridized carbons (Fsp3) is 0.188. The van der Waals surface area contributed by atoms with Gasteiger partial charge in [0, 0.05) is 10.4 Å². The van der Waals surface area contributed by atoms with E-state index in [1.807, 2.05) is 30.5 Å². The lowest BCUT2D eigenvalue weighted by molar-refractivity contribution is 0.102. The van der Waals surface area contributed by atoms with Crippen LogP contribution >= 0.6 is 22.7 Å². The van der Waals surface area contributed by atoms with Gasteiger partial charge in [-0.15, -0.1) is 21.5 Å². The third-order valence-electron chi connectivity index (χ3n) is 3.05. The topological polar surface area (TPSA) is 64.1 Å². The van der Waals surface area contributed by atoms with E-state index in [1.54, 1.807) is 29.5 Å². The van der Waals surface area contributed by atoms with Gasteiger partial charge in [-0.25, -0.2) is 0 Å². The lowest BCUT2D eigenvalue weighted by atomic mass is 10.2. The van der Waals surface area contributed by atoms with Gasteiger partial charge in [0.1, 0.15) is 17.4 Å². The van der Waals surface area contributed by atoms with Gasteiger partial charge in [0.05, 0.1) is 0 Å². The Hall–Kier alpha value is -2.25. The van der Waals surface area contributed by atoms with Crippen molar-refractivity contribution in [3.05, 3.63) is 57.2 Å². The van der Waals surface area contributed by atoms with Gasteiger partial charge < -0.3 is 4.74 Å². The Morgan fingerprint density at radius 2 is 2.17 bits per heavy atom. The summed E-state index contributed by atoms with van der Waals surface area (Å²) in [5.74, 6) is 0.447. The molecule has 0 aliphatic heterocycles. The van der Waals surface area contributed by atoms with E-state index in [0.29, 0.717) is 23.1 Å². The smallest absolute Gasteiger partial charge is 0.257 e. The van der Waals surface area contributed by atoms with Gasteiger partial charge in [-0.05, 0) is 36.1 Å². The van der Waals surface area contributed by atoms with Crippen molar-refractivity contribution >= 4 is 33.7 Å². The molecule has 0 spiro atoms. The highest BCUT2D eigenvalue weighted by atomic mass is 32.1. The minimum absolute atomic E-state index is 0.217. The summed E-state index contributed by atoms with van der Waals surface area (Å²) < 4.78 is 5.72. The fourth-order valence-corrected chi connectivity index (χ4v) is 3.18. The van der Waals surface area contributed by atoms with Gasteiger partial charge in [0.2, 0.25) is 5.13 Å². The second-order valence-corrected chi connectivity index (χ2v) is 6.80. The van der Waals surface area contributed by atoms with Crippen LogP contribution in [0, 0.1) is 0 Å². The number of rotatable bonds is 6. The normalized spacial score (nSPS) is 10.5. The number of aromatic nitrogens is 2. The van der Waals surface area contributed by atoms with Crippen molar-refractivity contribution in [3.8, 4) is 5.75 Å². The second-order valence-electron chi connectivity index (χ2n) is 4.70. The number of nitrogens with one attached hydrogen (secondary N) is 1. The Bertz CT molecular complexity index is 784. The van der Waals surface area contributed by atoms with Crippen LogP contribution in [0.1, 0.15) is 27.2 Å². The van der Waals surface area contributed by atoms with Crippen molar-refractivity contribution in [2.45, 2.75) is 20.0 Å². The van der Waals surface area contributed by atoms with Crippen LogP contribution < -0.4 is 10.1 Å². The first-order chi connectivity index (χ1) is 11.2. The minimum atomic E-state index is -0.217. The van der Waals surface area contributed by atoms with E-state index < -0.39 is 0 Å². The molecule has 3 rings (SSSR count). The number of anilines is 1. The lowest BCUT2D eigenvalue weighted by Gasteiger charge is -2.07. The average Bonchev–Trinajstić information content (AvgIpc) is 3.24. The van der Waals surface area contributed by atoms with Crippen LogP contribution in [-0.4, -0.2) is 16.1 Å². The molecule has 0 saturated carbocycles. The molecule has 0 atom stereocenters. The summed E-state index contributed by atoms with van der Waals surface area (Å²) in [7, 11) is 0. The summed E-state index contributed by atoms with van der Waals surface area (Å²) in [5.41, 5.74) is 0.530. The van der Waals surface area contributed by atoms with E-state index in [-0.39, 0.29) is 5.91 Å². The van der Waals surface area contributed by atoms with Crippen molar-refractivity contribution in [1.29, 1.82) is 0 Å². The number of ether oxygens (including phenoxy) is 1. The van der Waals surface area contributed by atoms with Crippen LogP contribution in [0.3, 0.4) is 0 Å². The summed E-state index contributed by atoms with van der Waals surface area (Å²) in [6.45, 7) is 2.50. The van der Waals surface area contributed by atoms with Gasteiger partial charge >= 0.3 is 0 Å². The largest absolute Gasteiger partial charge is 0.488 e. The van der Waals surface area contributed by atoms with Crippen LogP contribution in [-0.2, 0) is 13.0 Å². The van der Waals surface area contributed by atoms with Crippen molar-refractivity contribution in [2.24, 2.45) is 0 Å². The first kappa shape index (κ1) is 15.6. The summed E-state index contributed by atoms with van der Waals surface area (Å²) >= 11 is 3.03. The molecule has 118 valence electrons. The van der Waals surface area contributed by atoms with Gasteiger partial charge in [-0.2, -0.15) is 0 Å². The maximum atomic E-state index is 12.3. The molecular formula is C16H15N3O2S2. The molecule has 23 heavy (non-hydrogen) atoms. The monoisotopic (exact) mass is 345 g/mol. The SMILES string of the molecule is CCc1nnc(NC(=O)c2cccc(OCc3cccs3)c2)s1. The molecule has 5 nitrogen and oxygen atoms in total. The first-order valence-corrected chi connectivity index (χ1v) is 8.83. The number of thiophene rings is 1. The van der Waals surface area contributed by atoms with E-state index in [4.69, 9.17) is 4.74 Å². The minimum Gasteiger partial charge on any atom is -0.488 e. The highest BCUT2D eigenvalue weighted by molar-refractivity contribution is 7.15. The quantitative estimate of drug-likeness (QED) is 0.733. The van der Waals surface area contributed by atoms with E-state index >= 15 is 0 Å². The Balaban J connectivity index is 1.64. The molecule has 0 unspecified atom stereocenters. The van der Waals surface area contributed by atoms with Crippen LogP contribution in [0.2, 0.25) is 0 Å². The molecule has 7 heteroatoms. The zero-order valence-corrected chi connectivity index (χ0v) is 14.1. The van der Waals surface area contributed by atoms with Gasteiger partial charge in [-0.1, -0.05) is 30.4 Å². The Morgan fingerprint density at radius 3 is 2.91 bits per heavy atom. The molecule has 0 saturated heterocycles. The number of carbonyl (C=O) groups is 1. The zero-order valence-electron chi connectivity index (χ0n) is 12.5. The highest BCUT2D eigenvalue weighted by Crippen LogP contribution is 2.20. The summed E-state index contributed by atoms with van der Waals surface area (Å²) in [5, 5.41) is 14.1. The molecule has 0 fully saturated rings. The Labute approximate surface area is 142 Å². The van der Waals surface area contributed by atoms with Crippen molar-refractivity contribution in [2.75, 3.05) is 5.32 Å². The van der Waals surface area contributed by atoms with Crippen molar-refractivity contribution in [1.82, 2.24) is 10.2 Å². The van der Waals surface area contributed by atoms with E-state index in [2.05, 4.69) is 15.5 Å². The Kier molecular flexibility index (Phi) is 4.99. The lowest BCUT2D eigenvalue weighted by Crippen LogP contribution is -2.11. The van der Waals surface area contributed by atoms with Crippen LogP contribution in [0.4, 0.5) is 5.13 Å². The molecular weight excluding hydrogens is 330 g/mol. The predicted molar refractivity (Wildman–Crippen MR) is 92.3 cm³/mol. The predicted octanol–water partition coefficient (Wildman–Crippen LogP) is 3.99. The number of hydrogen-bond donors (Lipinski definition) is 1. The number of aryl methyl sites for hydroxylation is 1. The average molecular weight is 345 g/mol. The fourth-order valence-electron chi connectivity index (χ4n) is 1.89. The molecule has 1 aromatic carbocycles. The standard InChI is InChI=1S/C16H15N3O2S2/c1-2-14-18-19-16(23-14)17-15(20)11-5-3-6-12(9-11)21-10-13-7-4-8-22-13/h3-9H,2,10H2,1H3,(H,17,19,20). The molecule has 1 amide bonds. The van der Waals surface area contributed by atoms with E-state index in [9.17, 15) is 4.79 Å². The number of hydrogen-bond acceptors (Lipinski definition) is 6. The van der Waals surface area contributed by atoms with Crippen LogP contribution in [0.15, 0.2) is 41.8 Å². The molecule has 0 aliphatic carbocycles. The maximum Gasteiger partial charge on any atom is 0.257 e. The first-order valence-electron chi connectivity index (χ1n) is 7.13. The van der Waals surface area contributed by atoms with Crippen molar-refractivity contribution in [3.63, 3.8) is 0 Å². The van der Waals surface area contributed by atoms with Crippen LogP contribution in [0.25, 0.3) is 0 Å². The maximum absolute atomic E-state index is 12.3. The van der Waals surface area contributed by atoms with Gasteiger partial charge in [0.25, 0.3) is 5.91 Å². The van der Waals surface area contributed by atoms with E-state index in [1.165, 1.54) is 11.3 Å². The number of nitrogens with zero attached hydrogens (tertiary/aromatic N) is 2. The number of amides is 1. The third-order valence-corrected chi connectivity index (χ3v) is 4.88. The van der Waals surface area contributed by atoms with Crippen LogP contribution in [0.5, 0.6) is 5.75 Å². The molecule has 0 aliphatic rings. The summed E-state index contributed by atoms with van der Waals surface area (Å²) in [6.07, 6.45) is 0.805. The van der Waals surface area contributed by atoms with Gasteiger partial charge in [0.15, 0.2) is 0 Å². The Morgan fingerprint density at radius 1 is 1.26 bits per heavy atom. The zero-order chi connectivity index (χ0) is 16.1. The second kappa shape index (κ2) is 7.34. The molecule has 2 heterocycles. The summed E-state index contributed by atoms with van der Waals surface area (Å²) in [4.78, 5) is 13.4. The molecule has 1 N–H and O–H groups in total. The number of carbonyl (C=O) groups excluding carboxylic acids is 1. The molecule has 0 radical (unpaired) electrons. The molecule has 2 aromatic heterocycles. The summed E-state index contributed by atoms with van der Waals surface area (Å²) in [6, 6.07) is 11.1. The molecule has 3 aromatic rings. The molecule has 0 bridgehead atoms. The van der Waals surface area contributed by atoms with Crippen molar-refractivity contribution < 1.29 is 9.53 Å². The number of benzene rings is 1. The van der Waals surface area contributed by atoms with Gasteiger partial charge in [-0.3, -0.25) is 10.1 Å². The third kappa shape index (κ3) is 4.14.